The first-order valence-corrected chi connectivity index (χ1v) is 15.4. The molecule has 0 amide bonds. The summed E-state index contributed by atoms with van der Waals surface area (Å²) in [5.41, 5.74) is 1.22. The number of hydrogen-bond donors (Lipinski definition) is 1. The summed E-state index contributed by atoms with van der Waals surface area (Å²) in [7, 11) is 2.10. The molecule has 0 saturated carbocycles. The highest BCUT2D eigenvalue weighted by atomic mass is 19.1. The topological polar surface area (TPSA) is 90.7 Å². The van der Waals surface area contributed by atoms with Crippen LogP contribution in [0.1, 0.15) is 25.7 Å². The van der Waals surface area contributed by atoms with Gasteiger partial charge in [-0.3, -0.25) is 4.98 Å². The number of rotatable bonds is 6. The van der Waals surface area contributed by atoms with E-state index in [9.17, 15) is 5.11 Å². The molecule has 9 nitrogen and oxygen atoms in total. The largest absolute Gasteiger partial charge is 0.508 e. The maximum Gasteiger partial charge on any atom is 0.319 e. The lowest BCUT2D eigenvalue weighted by Crippen LogP contribution is -2.54. The summed E-state index contributed by atoms with van der Waals surface area (Å²) >= 11 is 0. The summed E-state index contributed by atoms with van der Waals surface area (Å²) in [6.45, 7) is 2.94. The van der Waals surface area contributed by atoms with Crippen molar-refractivity contribution >= 4 is 33.3 Å². The Labute approximate surface area is 255 Å². The number of benzene rings is 3. The van der Waals surface area contributed by atoms with Crippen molar-refractivity contribution in [1.29, 1.82) is 0 Å². The Balaban J connectivity index is 1.22. The molecule has 3 aliphatic rings. The maximum absolute atomic E-state index is 16.7. The Morgan fingerprint density at radius 2 is 1.80 bits per heavy atom. The van der Waals surface area contributed by atoms with Crippen molar-refractivity contribution in [2.24, 2.45) is 0 Å². The van der Waals surface area contributed by atoms with Gasteiger partial charge < -0.3 is 24.5 Å². The number of nitrogens with zero attached hydrogens (tertiary/aromatic N) is 7. The van der Waals surface area contributed by atoms with Crippen LogP contribution in [0.2, 0.25) is 0 Å². The molecular weight excluding hydrogens is 557 g/mol. The molecule has 3 atom stereocenters. The van der Waals surface area contributed by atoms with Crippen LogP contribution in [0.4, 0.5) is 16.0 Å². The van der Waals surface area contributed by atoms with Gasteiger partial charge >= 0.3 is 6.01 Å². The molecule has 3 aliphatic heterocycles. The molecule has 224 valence electrons. The molecule has 3 aromatic carbocycles. The molecule has 0 spiro atoms. The second-order valence-electron chi connectivity index (χ2n) is 12.2. The molecule has 5 heterocycles. The van der Waals surface area contributed by atoms with Crippen molar-refractivity contribution in [2.45, 2.75) is 43.8 Å². The van der Waals surface area contributed by atoms with Gasteiger partial charge in [-0.1, -0.05) is 30.3 Å². The van der Waals surface area contributed by atoms with Crippen LogP contribution in [0.3, 0.4) is 0 Å². The van der Waals surface area contributed by atoms with E-state index in [0.29, 0.717) is 28.9 Å². The lowest BCUT2D eigenvalue weighted by atomic mass is 9.96. The van der Waals surface area contributed by atoms with Crippen molar-refractivity contribution in [3.63, 3.8) is 0 Å². The van der Waals surface area contributed by atoms with Gasteiger partial charge in [-0.25, -0.2) is 9.37 Å². The molecule has 8 rings (SSSR count). The van der Waals surface area contributed by atoms with Crippen molar-refractivity contribution in [3.8, 4) is 22.9 Å². The number of anilines is 2. The summed E-state index contributed by atoms with van der Waals surface area (Å²) in [5.74, 6) is 1.21. The van der Waals surface area contributed by atoms with E-state index in [1.807, 2.05) is 36.5 Å². The lowest BCUT2D eigenvalue weighted by molar-refractivity contribution is 0.188. The Hall–Kier alpha value is -4.57. The summed E-state index contributed by atoms with van der Waals surface area (Å²) in [6, 6.07) is 15.6. The summed E-state index contributed by atoms with van der Waals surface area (Å²) < 4.78 is 22.9. The van der Waals surface area contributed by atoms with Crippen LogP contribution in [0.25, 0.3) is 32.8 Å². The number of likely N-dealkylation sites (N-methyl/N-ethyl adjacent to an activating group) is 1. The van der Waals surface area contributed by atoms with Gasteiger partial charge in [-0.2, -0.15) is 9.97 Å². The second kappa shape index (κ2) is 10.9. The third kappa shape index (κ3) is 4.64. The van der Waals surface area contributed by atoms with Crippen molar-refractivity contribution in [3.05, 3.63) is 72.9 Å². The molecule has 44 heavy (non-hydrogen) atoms. The van der Waals surface area contributed by atoms with Gasteiger partial charge in [0.15, 0.2) is 5.82 Å². The van der Waals surface area contributed by atoms with Crippen LogP contribution in [-0.2, 0) is 0 Å². The lowest BCUT2D eigenvalue weighted by Gasteiger charge is -2.42. The van der Waals surface area contributed by atoms with Gasteiger partial charge in [-0.15, -0.1) is 0 Å². The van der Waals surface area contributed by atoms with Gasteiger partial charge in [0.25, 0.3) is 0 Å². The number of phenolic OH excluding ortho intramolecular Hbond substituents is 1. The van der Waals surface area contributed by atoms with Gasteiger partial charge in [0.2, 0.25) is 0 Å². The van der Waals surface area contributed by atoms with E-state index in [2.05, 4.69) is 36.7 Å². The van der Waals surface area contributed by atoms with Crippen LogP contribution in [0.15, 0.2) is 67.1 Å². The highest BCUT2D eigenvalue weighted by Gasteiger charge is 2.41. The van der Waals surface area contributed by atoms with E-state index >= 15 is 4.39 Å². The van der Waals surface area contributed by atoms with Crippen molar-refractivity contribution in [2.75, 3.05) is 43.1 Å². The zero-order chi connectivity index (χ0) is 29.8. The first-order chi connectivity index (χ1) is 21.5. The third-order valence-corrected chi connectivity index (χ3v) is 9.57. The minimum absolute atomic E-state index is 0.0859. The van der Waals surface area contributed by atoms with Crippen molar-refractivity contribution in [1.82, 2.24) is 24.8 Å². The fraction of sp³-hybridized carbons (Fsp3) is 0.353. The number of halogens is 1. The third-order valence-electron chi connectivity index (χ3n) is 9.57. The van der Waals surface area contributed by atoms with Crippen LogP contribution < -0.4 is 14.5 Å². The van der Waals surface area contributed by atoms with Gasteiger partial charge in [0, 0.05) is 54.6 Å². The fourth-order valence-electron chi connectivity index (χ4n) is 7.39. The molecule has 2 bridgehead atoms. The number of aromatic nitrogens is 4. The van der Waals surface area contributed by atoms with Gasteiger partial charge in [0.05, 0.1) is 6.20 Å². The molecule has 2 aromatic heterocycles. The zero-order valence-electron chi connectivity index (χ0n) is 24.6. The monoisotopic (exact) mass is 591 g/mol. The van der Waals surface area contributed by atoms with Crippen LogP contribution in [0, 0.1) is 5.82 Å². The average Bonchev–Trinajstić information content (AvgIpc) is 3.58. The summed E-state index contributed by atoms with van der Waals surface area (Å²) in [6.07, 6.45) is 9.52. The highest BCUT2D eigenvalue weighted by Crippen LogP contribution is 2.40. The summed E-state index contributed by atoms with van der Waals surface area (Å²) in [4.78, 5) is 25.4. The number of aromatic hydroxyl groups is 1. The molecule has 5 aromatic rings. The van der Waals surface area contributed by atoms with Crippen LogP contribution >= 0.6 is 0 Å². The standard InChI is InChI=1S/C34H34FN7O2/c1-40-14-4-6-24(40)20-44-34-38-32-28(11-10-27(31(32)35)29-16-25(43)15-21-5-2-3-7-26(21)29)33(39-34)41-18-22-8-9-23(19-41)42(22)30-17-36-12-13-37-30/h2-3,5,7,10-13,15-17,22-24,43H,4,6,8-9,14,18-20H2,1H3/t22?,23?,24-/m0/s1. The van der Waals surface area contributed by atoms with E-state index in [0.717, 1.165) is 61.9 Å². The predicted molar refractivity (Wildman–Crippen MR) is 169 cm³/mol. The van der Waals surface area contributed by atoms with E-state index in [1.54, 1.807) is 30.6 Å². The molecular formula is C34H34FN7O2. The molecule has 0 radical (unpaired) electrons. The molecule has 3 fully saturated rings. The number of ether oxygens (including phenoxy) is 1. The summed E-state index contributed by atoms with van der Waals surface area (Å²) in [5, 5.41) is 12.8. The van der Waals surface area contributed by atoms with Crippen LogP contribution in [-0.4, -0.2) is 81.4 Å². The number of hydrogen-bond acceptors (Lipinski definition) is 9. The van der Waals surface area contributed by atoms with Crippen LogP contribution in [0.5, 0.6) is 11.8 Å². The molecule has 2 unspecified atom stereocenters. The molecule has 3 saturated heterocycles. The molecule has 10 heteroatoms. The van der Waals surface area contributed by atoms with Gasteiger partial charge in [-0.05, 0) is 73.8 Å². The van der Waals surface area contributed by atoms with E-state index in [-0.39, 0.29) is 35.4 Å². The van der Waals surface area contributed by atoms with E-state index in [1.165, 1.54) is 0 Å². The highest BCUT2D eigenvalue weighted by molar-refractivity contribution is 6.01. The smallest absolute Gasteiger partial charge is 0.319 e. The fourth-order valence-corrected chi connectivity index (χ4v) is 7.39. The average molecular weight is 592 g/mol. The first-order valence-electron chi connectivity index (χ1n) is 15.4. The van der Waals surface area contributed by atoms with E-state index < -0.39 is 5.82 Å². The Morgan fingerprint density at radius 3 is 2.57 bits per heavy atom. The van der Waals surface area contributed by atoms with E-state index in [4.69, 9.17) is 9.72 Å². The quantitative estimate of drug-likeness (QED) is 0.278. The number of fused-ring (bicyclic) bond motifs is 4. The molecule has 1 N–H and O–H groups in total. The number of piperazine rings is 1. The molecule has 0 aliphatic carbocycles. The van der Waals surface area contributed by atoms with Gasteiger partial charge in [0.1, 0.15) is 29.5 Å². The Bertz CT molecular complexity index is 1840. The SMILES string of the molecule is CN1CCC[C@H]1COc1nc(N2CC3CCC(C2)N3c2cnccn2)c2ccc(-c3cc(O)cc4ccccc34)c(F)c2n1. The minimum Gasteiger partial charge on any atom is -0.508 e. The van der Waals surface area contributed by atoms with Crippen molar-refractivity contribution < 1.29 is 14.2 Å². The normalized spacial score (nSPS) is 21.9. The number of likely N-dealkylation sites (tertiary alicyclic amines) is 1. The Morgan fingerprint density at radius 1 is 0.955 bits per heavy atom. The number of phenols is 1. The Kier molecular flexibility index (Phi) is 6.66. The second-order valence-corrected chi connectivity index (χ2v) is 12.2. The maximum atomic E-state index is 16.7. The predicted octanol–water partition coefficient (Wildman–Crippen LogP) is 5.42. The minimum atomic E-state index is -0.453. The zero-order valence-corrected chi connectivity index (χ0v) is 24.6. The first kappa shape index (κ1) is 27.0.